The number of benzene rings is 1. The summed E-state index contributed by atoms with van der Waals surface area (Å²) < 4.78 is 7.78. The van der Waals surface area contributed by atoms with Crippen LogP contribution in [-0.2, 0) is 19.5 Å². The fourth-order valence-corrected chi connectivity index (χ4v) is 3.24. The Morgan fingerprint density at radius 1 is 1.20 bits per heavy atom. The third-order valence-electron chi connectivity index (χ3n) is 4.65. The van der Waals surface area contributed by atoms with Gasteiger partial charge in [-0.1, -0.05) is 23.7 Å². The van der Waals surface area contributed by atoms with Crippen molar-refractivity contribution in [2.24, 2.45) is 4.99 Å². The van der Waals surface area contributed by atoms with Gasteiger partial charge in [0.2, 0.25) is 5.89 Å². The van der Waals surface area contributed by atoms with E-state index < -0.39 is 5.76 Å². The topological polar surface area (TPSA) is 108 Å². The van der Waals surface area contributed by atoms with E-state index in [2.05, 4.69) is 26.8 Å². The molecule has 10 heteroatoms. The molecule has 0 N–H and O–H groups in total. The van der Waals surface area contributed by atoms with Crippen LogP contribution < -0.4 is 11.3 Å². The molecular formula is C20H17ClN6O3. The van der Waals surface area contributed by atoms with Gasteiger partial charge in [-0.25, -0.2) is 19.8 Å². The Bertz CT molecular complexity index is 1350. The van der Waals surface area contributed by atoms with Crippen LogP contribution in [0, 0.1) is 6.92 Å². The summed E-state index contributed by atoms with van der Waals surface area (Å²) in [6.07, 6.45) is 3.49. The van der Waals surface area contributed by atoms with E-state index >= 15 is 0 Å². The molecule has 0 amide bonds. The molecule has 0 unspecified atom stereocenters. The van der Waals surface area contributed by atoms with Crippen molar-refractivity contribution in [3.8, 4) is 0 Å². The van der Waals surface area contributed by atoms with E-state index in [1.54, 1.807) is 25.3 Å². The van der Waals surface area contributed by atoms with Crippen molar-refractivity contribution >= 4 is 35.0 Å². The summed E-state index contributed by atoms with van der Waals surface area (Å²) in [5, 5.41) is 5.24. The standard InChI is InChI=1S/C20H17ClN6O3/c1-12-9-23-18(22-2)17-16(12)19(28)26(11-24-17)10-15-25-27(20(29)30-15)8-7-13-3-5-14(21)6-4-13/h3-6,9,11H,2,7-8,10H2,1H3. The highest BCUT2D eigenvalue weighted by Crippen LogP contribution is 2.20. The molecule has 0 aliphatic carbocycles. The monoisotopic (exact) mass is 424 g/mol. The molecule has 30 heavy (non-hydrogen) atoms. The molecule has 4 aromatic rings. The highest BCUT2D eigenvalue weighted by Gasteiger charge is 2.14. The van der Waals surface area contributed by atoms with Crippen LogP contribution in [0.15, 0.2) is 55.8 Å². The molecule has 0 saturated carbocycles. The Morgan fingerprint density at radius 3 is 2.70 bits per heavy atom. The molecular weight excluding hydrogens is 408 g/mol. The summed E-state index contributed by atoms with van der Waals surface area (Å²) in [4.78, 5) is 37.3. The minimum absolute atomic E-state index is 0.0242. The Labute approximate surface area is 175 Å². The average molecular weight is 425 g/mol. The third kappa shape index (κ3) is 3.79. The number of aliphatic imine (C=N–C) groups is 1. The molecule has 0 spiro atoms. The predicted octanol–water partition coefficient (Wildman–Crippen LogP) is 2.53. The van der Waals surface area contributed by atoms with Gasteiger partial charge >= 0.3 is 5.76 Å². The van der Waals surface area contributed by atoms with Gasteiger partial charge in [0, 0.05) is 11.2 Å². The smallest absolute Gasteiger partial charge is 0.390 e. The maximum absolute atomic E-state index is 12.9. The zero-order chi connectivity index (χ0) is 21.3. The second-order valence-corrected chi connectivity index (χ2v) is 7.12. The van der Waals surface area contributed by atoms with E-state index in [0.717, 1.165) is 5.56 Å². The lowest BCUT2D eigenvalue weighted by Gasteiger charge is -2.07. The average Bonchev–Trinajstić information content (AvgIpc) is 3.09. The van der Waals surface area contributed by atoms with E-state index in [0.29, 0.717) is 34.5 Å². The van der Waals surface area contributed by atoms with Crippen LogP contribution in [0.2, 0.25) is 5.02 Å². The maximum Gasteiger partial charge on any atom is 0.437 e. The fourth-order valence-electron chi connectivity index (χ4n) is 3.11. The van der Waals surface area contributed by atoms with Crippen LogP contribution in [-0.4, -0.2) is 31.0 Å². The molecule has 0 fully saturated rings. The van der Waals surface area contributed by atoms with Gasteiger partial charge in [0.1, 0.15) is 12.1 Å². The highest BCUT2D eigenvalue weighted by molar-refractivity contribution is 6.30. The van der Waals surface area contributed by atoms with Crippen LogP contribution in [0.3, 0.4) is 0 Å². The van der Waals surface area contributed by atoms with Crippen LogP contribution >= 0.6 is 11.6 Å². The Morgan fingerprint density at radius 2 is 1.97 bits per heavy atom. The summed E-state index contributed by atoms with van der Waals surface area (Å²) in [5.74, 6) is -0.176. The molecule has 152 valence electrons. The van der Waals surface area contributed by atoms with E-state index in [1.807, 2.05) is 12.1 Å². The van der Waals surface area contributed by atoms with Crippen molar-refractivity contribution in [2.45, 2.75) is 26.4 Å². The number of rotatable bonds is 6. The first-order chi connectivity index (χ1) is 14.5. The largest absolute Gasteiger partial charge is 0.437 e. The van der Waals surface area contributed by atoms with Crippen molar-refractivity contribution < 1.29 is 4.42 Å². The molecule has 9 nitrogen and oxygen atoms in total. The molecule has 0 bridgehead atoms. The van der Waals surface area contributed by atoms with Gasteiger partial charge in [-0.2, -0.15) is 4.68 Å². The predicted molar refractivity (Wildman–Crippen MR) is 113 cm³/mol. The summed E-state index contributed by atoms with van der Waals surface area (Å²) in [5.41, 5.74) is 1.75. The Kier molecular flexibility index (Phi) is 5.28. The van der Waals surface area contributed by atoms with Crippen molar-refractivity contribution in [1.29, 1.82) is 0 Å². The quantitative estimate of drug-likeness (QED) is 0.440. The molecule has 3 heterocycles. The summed E-state index contributed by atoms with van der Waals surface area (Å²) in [6.45, 7) is 5.54. The SMILES string of the molecule is C=Nc1ncc(C)c2c(=O)n(Cc3nn(CCc4ccc(Cl)cc4)c(=O)o3)cnc12. The minimum atomic E-state index is -0.584. The summed E-state index contributed by atoms with van der Waals surface area (Å²) in [7, 11) is 0. The number of aromatic nitrogens is 5. The lowest BCUT2D eigenvalue weighted by atomic mass is 10.1. The van der Waals surface area contributed by atoms with E-state index in [-0.39, 0.29) is 23.8 Å². The number of hydrogen-bond acceptors (Lipinski definition) is 7. The summed E-state index contributed by atoms with van der Waals surface area (Å²) in [6, 6.07) is 7.35. The number of hydrogen-bond donors (Lipinski definition) is 0. The Hall–Kier alpha value is -3.59. The fraction of sp³-hybridized carbons (Fsp3) is 0.200. The van der Waals surface area contributed by atoms with Crippen LogP contribution in [0.1, 0.15) is 17.0 Å². The van der Waals surface area contributed by atoms with Crippen molar-refractivity contribution in [2.75, 3.05) is 0 Å². The Balaban J connectivity index is 1.59. The van der Waals surface area contributed by atoms with Gasteiger partial charge in [0.05, 0.1) is 18.3 Å². The zero-order valence-corrected chi connectivity index (χ0v) is 16.8. The maximum atomic E-state index is 12.9. The number of halogens is 1. The van der Waals surface area contributed by atoms with Gasteiger partial charge in [-0.3, -0.25) is 9.36 Å². The zero-order valence-electron chi connectivity index (χ0n) is 16.1. The molecule has 0 saturated heterocycles. The lowest BCUT2D eigenvalue weighted by molar-refractivity contribution is 0.434. The van der Waals surface area contributed by atoms with Gasteiger partial charge < -0.3 is 4.42 Å². The molecule has 0 aliphatic rings. The van der Waals surface area contributed by atoms with Gasteiger partial charge in [-0.15, -0.1) is 5.10 Å². The van der Waals surface area contributed by atoms with E-state index in [9.17, 15) is 9.59 Å². The molecule has 0 aliphatic heterocycles. The van der Waals surface area contributed by atoms with Crippen molar-refractivity contribution in [1.82, 2.24) is 24.3 Å². The number of pyridine rings is 1. The molecule has 1 aromatic carbocycles. The van der Waals surface area contributed by atoms with Crippen molar-refractivity contribution in [3.63, 3.8) is 0 Å². The molecule has 4 rings (SSSR count). The third-order valence-corrected chi connectivity index (χ3v) is 4.91. The van der Waals surface area contributed by atoms with Crippen LogP contribution in [0.5, 0.6) is 0 Å². The number of nitrogens with zero attached hydrogens (tertiary/aromatic N) is 6. The van der Waals surface area contributed by atoms with E-state index in [4.69, 9.17) is 16.0 Å². The van der Waals surface area contributed by atoms with Crippen LogP contribution in [0.4, 0.5) is 5.82 Å². The van der Waals surface area contributed by atoms with Gasteiger partial charge in [0.25, 0.3) is 5.56 Å². The molecule has 0 atom stereocenters. The molecule has 3 aromatic heterocycles. The first kappa shape index (κ1) is 19.7. The highest BCUT2D eigenvalue weighted by atomic mass is 35.5. The first-order valence-corrected chi connectivity index (χ1v) is 9.47. The first-order valence-electron chi connectivity index (χ1n) is 9.09. The molecule has 0 radical (unpaired) electrons. The van der Waals surface area contributed by atoms with Crippen molar-refractivity contribution in [3.05, 3.63) is 79.7 Å². The number of aryl methyl sites for hydroxylation is 3. The second-order valence-electron chi connectivity index (χ2n) is 6.69. The normalized spacial score (nSPS) is 11.1. The second kappa shape index (κ2) is 8.03. The number of fused-ring (bicyclic) bond motifs is 1. The summed E-state index contributed by atoms with van der Waals surface area (Å²) >= 11 is 5.88. The van der Waals surface area contributed by atoms with Crippen LogP contribution in [0.25, 0.3) is 10.9 Å². The van der Waals surface area contributed by atoms with E-state index in [1.165, 1.54) is 15.6 Å². The van der Waals surface area contributed by atoms with Gasteiger partial charge in [0.15, 0.2) is 5.82 Å². The lowest BCUT2D eigenvalue weighted by Crippen LogP contribution is -2.22. The minimum Gasteiger partial charge on any atom is -0.390 e. The van der Waals surface area contributed by atoms with Gasteiger partial charge in [-0.05, 0) is 43.3 Å².